The predicted octanol–water partition coefficient (Wildman–Crippen LogP) is 0.869. The van der Waals surface area contributed by atoms with Crippen molar-refractivity contribution in [2.24, 2.45) is 0 Å². The highest BCUT2D eigenvalue weighted by Gasteiger charge is 2.11. The van der Waals surface area contributed by atoms with Gasteiger partial charge >= 0.3 is 0 Å². The van der Waals surface area contributed by atoms with Gasteiger partial charge in [0.15, 0.2) is 5.82 Å². The second-order valence-corrected chi connectivity index (χ2v) is 4.59. The molecule has 1 amide bonds. The normalized spacial score (nSPS) is 10.4. The first-order chi connectivity index (χ1) is 10.8. The summed E-state index contributed by atoms with van der Waals surface area (Å²) in [6, 6.07) is 7.10. The van der Waals surface area contributed by atoms with Crippen molar-refractivity contribution in [2.45, 2.75) is 6.54 Å². The minimum atomic E-state index is -0.207. The Morgan fingerprint density at radius 1 is 1.32 bits per heavy atom. The summed E-state index contributed by atoms with van der Waals surface area (Å²) in [5.74, 6) is 0.463. The maximum atomic E-state index is 12.5. The van der Waals surface area contributed by atoms with E-state index in [0.717, 1.165) is 11.1 Å². The fourth-order valence-electron chi connectivity index (χ4n) is 2.12. The first-order valence-electron chi connectivity index (χ1n) is 6.63. The summed E-state index contributed by atoms with van der Waals surface area (Å²) < 4.78 is 1.35. The van der Waals surface area contributed by atoms with Crippen LogP contribution in [0, 0.1) is 0 Å². The third-order valence-corrected chi connectivity index (χ3v) is 3.17. The van der Waals surface area contributed by atoms with Gasteiger partial charge in [0.25, 0.3) is 5.56 Å². The van der Waals surface area contributed by atoms with Crippen molar-refractivity contribution in [3.8, 4) is 16.9 Å². The van der Waals surface area contributed by atoms with Crippen molar-refractivity contribution in [1.29, 1.82) is 0 Å². The fraction of sp³-hybridized carbons (Fsp3) is 0.0667. The number of hydrogen-bond acceptors (Lipinski definition) is 4. The zero-order chi connectivity index (χ0) is 15.4. The average Bonchev–Trinajstić information content (AvgIpc) is 2.95. The molecule has 0 aliphatic heterocycles. The molecule has 110 valence electrons. The number of aromatic nitrogens is 4. The molecule has 0 radical (unpaired) electrons. The van der Waals surface area contributed by atoms with Crippen LogP contribution in [0.3, 0.4) is 0 Å². The molecule has 0 bridgehead atoms. The number of carbonyl (C=O) groups excluding carboxylic acids is 1. The van der Waals surface area contributed by atoms with Crippen molar-refractivity contribution in [3.05, 3.63) is 65.0 Å². The Morgan fingerprint density at radius 2 is 2.23 bits per heavy atom. The third kappa shape index (κ3) is 2.64. The molecule has 0 atom stereocenters. The van der Waals surface area contributed by atoms with Gasteiger partial charge in [0, 0.05) is 36.9 Å². The lowest BCUT2D eigenvalue weighted by atomic mass is 10.2. The molecule has 0 fully saturated rings. The van der Waals surface area contributed by atoms with Crippen LogP contribution in [0.1, 0.15) is 5.56 Å². The van der Waals surface area contributed by atoms with Gasteiger partial charge in [-0.1, -0.05) is 6.07 Å². The highest BCUT2D eigenvalue weighted by molar-refractivity contribution is 5.60. The number of aromatic amines is 1. The predicted molar refractivity (Wildman–Crippen MR) is 80.3 cm³/mol. The van der Waals surface area contributed by atoms with Gasteiger partial charge in [0.1, 0.15) is 0 Å². The van der Waals surface area contributed by atoms with E-state index in [1.54, 1.807) is 43.0 Å². The largest absolute Gasteiger partial charge is 0.355 e. The maximum absolute atomic E-state index is 12.5. The first kappa shape index (κ1) is 13.7. The van der Waals surface area contributed by atoms with Crippen molar-refractivity contribution in [3.63, 3.8) is 0 Å². The van der Waals surface area contributed by atoms with Crippen LogP contribution in [-0.4, -0.2) is 26.2 Å². The average molecular weight is 295 g/mol. The molecule has 2 N–H and O–H groups in total. The van der Waals surface area contributed by atoms with E-state index in [9.17, 15) is 9.59 Å². The van der Waals surface area contributed by atoms with Crippen LogP contribution in [0.4, 0.5) is 0 Å². The van der Waals surface area contributed by atoms with E-state index >= 15 is 0 Å². The number of nitrogens with zero attached hydrogens (tertiary/aromatic N) is 3. The van der Waals surface area contributed by atoms with Crippen molar-refractivity contribution in [1.82, 2.24) is 25.1 Å². The Bertz CT molecular complexity index is 838. The highest BCUT2D eigenvalue weighted by Crippen LogP contribution is 2.13. The highest BCUT2D eigenvalue weighted by atomic mass is 16.1. The monoisotopic (exact) mass is 295 g/mol. The molecule has 0 aliphatic carbocycles. The minimum Gasteiger partial charge on any atom is -0.355 e. The van der Waals surface area contributed by atoms with E-state index in [1.807, 2.05) is 6.07 Å². The summed E-state index contributed by atoms with van der Waals surface area (Å²) in [4.78, 5) is 31.0. The molecule has 3 heterocycles. The molecule has 3 rings (SSSR count). The van der Waals surface area contributed by atoms with Crippen LogP contribution in [0.25, 0.3) is 16.9 Å². The fourth-order valence-corrected chi connectivity index (χ4v) is 2.12. The molecule has 3 aromatic rings. The number of rotatable bonds is 5. The van der Waals surface area contributed by atoms with Crippen LogP contribution in [0.15, 0.2) is 53.8 Å². The van der Waals surface area contributed by atoms with Gasteiger partial charge < -0.3 is 5.32 Å². The molecule has 0 spiro atoms. The molecule has 0 aliphatic rings. The van der Waals surface area contributed by atoms with Crippen LogP contribution < -0.4 is 10.9 Å². The van der Waals surface area contributed by atoms with E-state index in [1.165, 1.54) is 4.68 Å². The third-order valence-electron chi connectivity index (χ3n) is 3.17. The SMILES string of the molecule is O=CNCc1ccnc(-n2[nH]cc(-c3cccnc3)c2=O)c1. The summed E-state index contributed by atoms with van der Waals surface area (Å²) in [5.41, 5.74) is 1.90. The maximum Gasteiger partial charge on any atom is 0.280 e. The van der Waals surface area contributed by atoms with Gasteiger partial charge in [-0.3, -0.25) is 19.7 Å². The summed E-state index contributed by atoms with van der Waals surface area (Å²) in [6.07, 6.45) is 7.12. The van der Waals surface area contributed by atoms with Crippen LogP contribution in [0.2, 0.25) is 0 Å². The lowest BCUT2D eigenvalue weighted by molar-refractivity contribution is -0.109. The zero-order valence-corrected chi connectivity index (χ0v) is 11.6. The number of amides is 1. The first-order valence-corrected chi connectivity index (χ1v) is 6.63. The standard InChI is InChI=1S/C15H13N5O2/c21-10-17-7-11-3-5-18-14(6-11)20-15(22)13(9-19-20)12-2-1-4-16-8-12/h1-6,8-10,19H,7H2,(H,17,21). The van der Waals surface area contributed by atoms with Crippen molar-refractivity contribution < 1.29 is 4.79 Å². The minimum absolute atomic E-state index is 0.207. The molecule has 0 saturated carbocycles. The topological polar surface area (TPSA) is 92.7 Å². The van der Waals surface area contributed by atoms with Gasteiger partial charge in [-0.05, 0) is 23.8 Å². The Kier molecular flexibility index (Phi) is 3.78. The molecule has 0 unspecified atom stereocenters. The number of carbonyl (C=O) groups is 1. The van der Waals surface area contributed by atoms with E-state index in [2.05, 4.69) is 20.4 Å². The Labute approximate surface area is 125 Å². The summed E-state index contributed by atoms with van der Waals surface area (Å²) in [7, 11) is 0. The summed E-state index contributed by atoms with van der Waals surface area (Å²) >= 11 is 0. The summed E-state index contributed by atoms with van der Waals surface area (Å²) in [5, 5.41) is 5.47. The molecular weight excluding hydrogens is 282 g/mol. The molecule has 22 heavy (non-hydrogen) atoms. The molecule has 7 heteroatoms. The van der Waals surface area contributed by atoms with Gasteiger partial charge in [0.05, 0.1) is 5.56 Å². The Hall–Kier alpha value is -3.22. The Balaban J connectivity index is 1.98. The molecular formula is C15H13N5O2. The van der Waals surface area contributed by atoms with E-state index < -0.39 is 0 Å². The molecule has 0 saturated heterocycles. The lowest BCUT2D eigenvalue weighted by Crippen LogP contribution is -2.18. The van der Waals surface area contributed by atoms with Crippen molar-refractivity contribution >= 4 is 6.41 Å². The molecule has 3 aromatic heterocycles. The number of hydrogen-bond donors (Lipinski definition) is 2. The van der Waals surface area contributed by atoms with E-state index in [-0.39, 0.29) is 5.56 Å². The van der Waals surface area contributed by atoms with Gasteiger partial charge in [-0.15, -0.1) is 0 Å². The quantitative estimate of drug-likeness (QED) is 0.683. The zero-order valence-electron chi connectivity index (χ0n) is 11.6. The van der Waals surface area contributed by atoms with Crippen LogP contribution in [0.5, 0.6) is 0 Å². The smallest absolute Gasteiger partial charge is 0.280 e. The van der Waals surface area contributed by atoms with Crippen molar-refractivity contribution in [2.75, 3.05) is 0 Å². The van der Waals surface area contributed by atoms with E-state index in [0.29, 0.717) is 24.3 Å². The van der Waals surface area contributed by atoms with Gasteiger partial charge in [-0.2, -0.15) is 0 Å². The number of pyridine rings is 2. The number of nitrogens with one attached hydrogen (secondary N) is 2. The van der Waals surface area contributed by atoms with Crippen LogP contribution in [-0.2, 0) is 11.3 Å². The van der Waals surface area contributed by atoms with Gasteiger partial charge in [0.2, 0.25) is 6.41 Å². The summed E-state index contributed by atoms with van der Waals surface area (Å²) in [6.45, 7) is 0.379. The second-order valence-electron chi connectivity index (χ2n) is 4.59. The van der Waals surface area contributed by atoms with Gasteiger partial charge in [-0.25, -0.2) is 9.67 Å². The number of H-pyrrole nitrogens is 1. The van der Waals surface area contributed by atoms with Crippen LogP contribution >= 0.6 is 0 Å². The van der Waals surface area contributed by atoms with E-state index in [4.69, 9.17) is 0 Å². The second kappa shape index (κ2) is 6.04. The molecule has 0 aromatic carbocycles. The molecule has 7 nitrogen and oxygen atoms in total. The lowest BCUT2D eigenvalue weighted by Gasteiger charge is -2.04. The Morgan fingerprint density at radius 3 is 3.00 bits per heavy atom.